The largest absolute Gasteiger partial charge is 0.494 e. The molecule has 0 saturated carbocycles. The number of carbonyl (C=O) groups is 1. The lowest BCUT2D eigenvalue weighted by molar-refractivity contribution is -0.189. The predicted molar refractivity (Wildman–Crippen MR) is 111 cm³/mol. The van der Waals surface area contributed by atoms with Crippen molar-refractivity contribution in [3.05, 3.63) is 70.8 Å². The van der Waals surface area contributed by atoms with E-state index in [1.165, 1.54) is 28.8 Å². The minimum Gasteiger partial charge on any atom is -0.494 e. The van der Waals surface area contributed by atoms with E-state index in [1.807, 2.05) is 6.07 Å². The first-order valence-corrected chi connectivity index (χ1v) is 10.1. The predicted octanol–water partition coefficient (Wildman–Crippen LogP) is 4.38. The van der Waals surface area contributed by atoms with E-state index >= 15 is 0 Å². The van der Waals surface area contributed by atoms with E-state index in [1.54, 1.807) is 24.4 Å². The zero-order valence-corrected chi connectivity index (χ0v) is 18.1. The second kappa shape index (κ2) is 8.70. The van der Waals surface area contributed by atoms with Crippen LogP contribution in [0.15, 0.2) is 42.6 Å². The van der Waals surface area contributed by atoms with E-state index in [2.05, 4.69) is 5.10 Å². The zero-order valence-electron chi connectivity index (χ0n) is 18.1. The van der Waals surface area contributed by atoms with Gasteiger partial charge in [0, 0.05) is 18.3 Å². The van der Waals surface area contributed by atoms with Gasteiger partial charge in [-0.15, -0.1) is 0 Å². The lowest BCUT2D eigenvalue weighted by atomic mass is 10.1. The van der Waals surface area contributed by atoms with Gasteiger partial charge in [-0.2, -0.15) is 23.5 Å². The molecule has 4 rings (SSSR count). The molecular formula is C23H18F4N4O3. The number of hydrogen-bond donors (Lipinski definition) is 0. The minimum absolute atomic E-state index is 0.0282. The number of benzene rings is 2. The van der Waals surface area contributed by atoms with Gasteiger partial charge in [0.15, 0.2) is 11.9 Å². The van der Waals surface area contributed by atoms with Crippen molar-refractivity contribution in [2.24, 2.45) is 0 Å². The highest BCUT2D eigenvalue weighted by atomic mass is 19.4. The number of alkyl halides is 3. The third-order valence-corrected chi connectivity index (χ3v) is 5.39. The van der Waals surface area contributed by atoms with Gasteiger partial charge in [0.2, 0.25) is 0 Å². The molecule has 2 aromatic carbocycles. The van der Waals surface area contributed by atoms with Gasteiger partial charge >= 0.3 is 6.18 Å². The van der Waals surface area contributed by atoms with Gasteiger partial charge in [0.05, 0.1) is 24.9 Å². The summed E-state index contributed by atoms with van der Waals surface area (Å²) in [4.78, 5) is 14.7. The summed E-state index contributed by atoms with van der Waals surface area (Å²) in [7, 11) is 1.21. The average Bonchev–Trinajstić information content (AvgIpc) is 3.37. The smallest absolute Gasteiger partial charge is 0.425 e. The maximum atomic E-state index is 14.1. The summed E-state index contributed by atoms with van der Waals surface area (Å²) in [6, 6.07) is 10.3. The van der Waals surface area contributed by atoms with Gasteiger partial charge in [-0.1, -0.05) is 12.1 Å². The van der Waals surface area contributed by atoms with E-state index in [0.717, 1.165) is 13.0 Å². The van der Waals surface area contributed by atoms with Crippen LogP contribution in [0, 0.1) is 17.1 Å². The molecule has 0 aliphatic carbocycles. The van der Waals surface area contributed by atoms with Crippen LogP contribution in [0.1, 0.15) is 34.1 Å². The molecule has 0 bridgehead atoms. The number of para-hydroxylation sites is 1. The molecule has 1 amide bonds. The van der Waals surface area contributed by atoms with Crippen LogP contribution >= 0.6 is 0 Å². The number of hydrogen-bond acceptors (Lipinski definition) is 5. The monoisotopic (exact) mass is 474 g/mol. The fourth-order valence-electron chi connectivity index (χ4n) is 3.64. The zero-order chi connectivity index (χ0) is 24.6. The van der Waals surface area contributed by atoms with Crippen molar-refractivity contribution in [1.29, 1.82) is 5.26 Å². The van der Waals surface area contributed by atoms with Crippen molar-refractivity contribution in [1.82, 2.24) is 14.7 Å². The van der Waals surface area contributed by atoms with E-state index in [-0.39, 0.29) is 41.4 Å². The van der Waals surface area contributed by atoms with E-state index in [0.29, 0.717) is 11.3 Å². The molecule has 1 aromatic heterocycles. The number of methoxy groups -OCH3 is 1. The summed E-state index contributed by atoms with van der Waals surface area (Å²) >= 11 is 0. The van der Waals surface area contributed by atoms with Crippen LogP contribution in [0.5, 0.6) is 11.5 Å². The van der Waals surface area contributed by atoms with Gasteiger partial charge in [0.25, 0.3) is 5.91 Å². The van der Waals surface area contributed by atoms with Crippen LogP contribution in [-0.2, 0) is 13.1 Å². The Hall–Kier alpha value is -4.07. The summed E-state index contributed by atoms with van der Waals surface area (Å²) in [6.45, 7) is 0.927. The van der Waals surface area contributed by atoms with Crippen LogP contribution in [0.3, 0.4) is 0 Å². The molecule has 0 fully saturated rings. The Morgan fingerprint density at radius 2 is 1.94 bits per heavy atom. The van der Waals surface area contributed by atoms with Crippen LogP contribution in [0.25, 0.3) is 5.69 Å². The fourth-order valence-corrected chi connectivity index (χ4v) is 3.64. The molecule has 34 heavy (non-hydrogen) atoms. The fraction of sp³-hybridized carbons (Fsp3) is 0.261. The van der Waals surface area contributed by atoms with Crippen LogP contribution in [-0.4, -0.2) is 40.0 Å². The number of aromatic nitrogens is 2. The van der Waals surface area contributed by atoms with Gasteiger partial charge in [-0.05, 0) is 31.2 Å². The summed E-state index contributed by atoms with van der Waals surface area (Å²) in [6.07, 6.45) is -5.27. The number of fused-ring (bicyclic) bond motifs is 1. The molecule has 2 heterocycles. The number of nitriles is 1. The Balaban J connectivity index is 1.66. The highest BCUT2D eigenvalue weighted by Crippen LogP contribution is 2.37. The molecule has 0 radical (unpaired) electrons. The Labute approximate surface area is 191 Å². The number of ether oxygens (including phenoxy) is 2. The highest BCUT2D eigenvalue weighted by molar-refractivity contribution is 6.00. The Morgan fingerprint density at radius 1 is 1.21 bits per heavy atom. The van der Waals surface area contributed by atoms with Crippen molar-refractivity contribution < 1.29 is 31.8 Å². The number of carbonyl (C=O) groups excluding carboxylic acids is 1. The van der Waals surface area contributed by atoms with Crippen molar-refractivity contribution in [3.8, 4) is 23.3 Å². The third-order valence-electron chi connectivity index (χ3n) is 5.39. The molecule has 176 valence electrons. The molecule has 0 saturated heterocycles. The second-order valence-electron chi connectivity index (χ2n) is 7.59. The molecule has 3 aromatic rings. The molecule has 0 N–H and O–H groups in total. The van der Waals surface area contributed by atoms with Crippen molar-refractivity contribution in [3.63, 3.8) is 0 Å². The van der Waals surface area contributed by atoms with E-state index in [9.17, 15) is 27.6 Å². The second-order valence-corrected chi connectivity index (χ2v) is 7.59. The maximum absolute atomic E-state index is 14.1. The standard InChI is InChI=1S/C23H18F4N4O3/c1-13(23(25,26)27)34-19-8-7-14(9-28)21(33-2)20(19)22(32)30-10-15-11-31(29-17(15)12-30)18-6-4-3-5-16(18)24/h3-8,11,13H,10,12H2,1-2H3/t13-/m0/s1. The van der Waals surface area contributed by atoms with Crippen molar-refractivity contribution >= 4 is 5.91 Å². The van der Waals surface area contributed by atoms with Crippen molar-refractivity contribution in [2.45, 2.75) is 32.3 Å². The molecular weight excluding hydrogens is 456 g/mol. The molecule has 7 nitrogen and oxygen atoms in total. The lowest BCUT2D eigenvalue weighted by Crippen LogP contribution is -2.33. The van der Waals surface area contributed by atoms with Gasteiger partial charge < -0.3 is 14.4 Å². The molecule has 1 atom stereocenters. The topological polar surface area (TPSA) is 80.4 Å². The normalized spacial score (nSPS) is 13.9. The first kappa shape index (κ1) is 23.1. The first-order chi connectivity index (χ1) is 16.1. The quantitative estimate of drug-likeness (QED) is 0.513. The Morgan fingerprint density at radius 3 is 2.56 bits per heavy atom. The number of rotatable bonds is 5. The van der Waals surface area contributed by atoms with E-state index in [4.69, 9.17) is 9.47 Å². The van der Waals surface area contributed by atoms with E-state index < -0.39 is 24.0 Å². The minimum atomic E-state index is -4.66. The SMILES string of the molecule is COc1c(C#N)ccc(O[C@@H](C)C(F)(F)F)c1C(=O)N1Cc2cn(-c3ccccc3F)nc2C1. The molecule has 1 aliphatic heterocycles. The number of halogens is 4. The van der Waals surface area contributed by atoms with Gasteiger partial charge in [-0.3, -0.25) is 4.79 Å². The van der Waals surface area contributed by atoms with Crippen LogP contribution in [0.2, 0.25) is 0 Å². The van der Waals surface area contributed by atoms with Crippen molar-refractivity contribution in [2.75, 3.05) is 7.11 Å². The first-order valence-electron chi connectivity index (χ1n) is 10.1. The molecule has 0 unspecified atom stereocenters. The Kier molecular flexibility index (Phi) is 5.91. The maximum Gasteiger partial charge on any atom is 0.425 e. The van der Waals surface area contributed by atoms with Gasteiger partial charge in [-0.25, -0.2) is 9.07 Å². The average molecular weight is 474 g/mol. The van der Waals surface area contributed by atoms with Gasteiger partial charge in [0.1, 0.15) is 28.9 Å². The summed E-state index contributed by atoms with van der Waals surface area (Å²) in [5.74, 6) is -1.68. The molecule has 11 heteroatoms. The third kappa shape index (κ3) is 4.14. The molecule has 1 aliphatic rings. The lowest BCUT2D eigenvalue weighted by Gasteiger charge is -2.23. The highest BCUT2D eigenvalue weighted by Gasteiger charge is 2.40. The summed E-state index contributed by atoms with van der Waals surface area (Å²) in [5.41, 5.74) is 1.09. The summed E-state index contributed by atoms with van der Waals surface area (Å²) < 4.78 is 65.0. The number of amides is 1. The Bertz CT molecular complexity index is 1270. The number of nitrogens with zero attached hydrogens (tertiary/aromatic N) is 4. The molecule has 0 spiro atoms. The summed E-state index contributed by atoms with van der Waals surface area (Å²) in [5, 5.41) is 13.7. The van der Waals surface area contributed by atoms with Crippen LogP contribution < -0.4 is 9.47 Å². The van der Waals surface area contributed by atoms with Crippen LogP contribution in [0.4, 0.5) is 17.6 Å².